The number of rotatable bonds is 9. The van der Waals surface area contributed by atoms with Gasteiger partial charge in [-0.2, -0.15) is 13.2 Å². The van der Waals surface area contributed by atoms with E-state index in [1.807, 2.05) is 10.8 Å². The van der Waals surface area contributed by atoms with Gasteiger partial charge in [-0.05, 0) is 56.9 Å². The summed E-state index contributed by atoms with van der Waals surface area (Å²) >= 11 is 0. The maximum absolute atomic E-state index is 13.7. The summed E-state index contributed by atoms with van der Waals surface area (Å²) in [6, 6.07) is 3.52. The lowest BCUT2D eigenvalue weighted by Gasteiger charge is -2.33. The van der Waals surface area contributed by atoms with Gasteiger partial charge in [0.2, 0.25) is 11.9 Å². The number of halogens is 4. The van der Waals surface area contributed by atoms with Gasteiger partial charge in [-0.15, -0.1) is 12.4 Å². The molecular formula is C28H36ClF3N4O6. The molecule has 2 aromatic rings. The van der Waals surface area contributed by atoms with Crippen LogP contribution in [0.5, 0.6) is 5.75 Å². The minimum absolute atomic E-state index is 0. The van der Waals surface area contributed by atoms with Crippen LogP contribution in [-0.2, 0) is 38.5 Å². The third-order valence-electron chi connectivity index (χ3n) is 7.02. The SMILES string of the molecule is CC(C)(C)C(=O)OCC1c2cc(OCCc3cn4c(n3)NCCC4)ccc2C[C@@H](CC(=O)O)C(=O)N1CC(F)(F)F.Cl. The molecule has 2 aliphatic heterocycles. The van der Waals surface area contributed by atoms with Crippen LogP contribution in [0.1, 0.15) is 56.5 Å². The molecule has 232 valence electrons. The molecule has 3 heterocycles. The summed E-state index contributed by atoms with van der Waals surface area (Å²) in [7, 11) is 0. The zero-order valence-corrected chi connectivity index (χ0v) is 24.5. The lowest BCUT2D eigenvalue weighted by atomic mass is 9.93. The van der Waals surface area contributed by atoms with Crippen molar-refractivity contribution >= 4 is 36.2 Å². The smallest absolute Gasteiger partial charge is 0.406 e. The van der Waals surface area contributed by atoms with E-state index in [9.17, 15) is 32.7 Å². The molecule has 2 aliphatic rings. The second-order valence-electron chi connectivity index (χ2n) is 11.4. The van der Waals surface area contributed by atoms with Crippen LogP contribution in [0.3, 0.4) is 0 Å². The van der Waals surface area contributed by atoms with Gasteiger partial charge in [-0.1, -0.05) is 6.07 Å². The Morgan fingerprint density at radius 1 is 1.21 bits per heavy atom. The number of carbonyl (C=O) groups excluding carboxylic acids is 2. The second kappa shape index (κ2) is 13.2. The van der Waals surface area contributed by atoms with Crippen molar-refractivity contribution in [1.82, 2.24) is 14.5 Å². The van der Waals surface area contributed by atoms with Crippen molar-refractivity contribution in [2.45, 2.75) is 65.2 Å². The minimum Gasteiger partial charge on any atom is -0.493 e. The highest BCUT2D eigenvalue weighted by atomic mass is 35.5. The Morgan fingerprint density at radius 3 is 2.60 bits per heavy atom. The molecule has 10 nitrogen and oxygen atoms in total. The highest BCUT2D eigenvalue weighted by Gasteiger charge is 2.43. The number of benzene rings is 1. The molecule has 0 fully saturated rings. The first kappa shape index (κ1) is 33.0. The summed E-state index contributed by atoms with van der Waals surface area (Å²) in [5, 5.41) is 12.6. The monoisotopic (exact) mass is 616 g/mol. The molecule has 14 heteroatoms. The molecule has 1 unspecified atom stereocenters. The Morgan fingerprint density at radius 2 is 1.95 bits per heavy atom. The Labute approximate surface area is 248 Å². The quantitative estimate of drug-likeness (QED) is 0.397. The van der Waals surface area contributed by atoms with E-state index in [0.29, 0.717) is 28.2 Å². The molecule has 1 aromatic heterocycles. The standard InChI is InChI=1S/C28H35F3N4O6.ClH/c1-27(2,3)25(39)41-15-22-21-13-20(40-10-7-19-14-34-9-4-8-32-26(34)33-19)6-5-17(21)11-18(12-23(36)37)24(38)35(22)16-28(29,30)31;/h5-6,13-14,18,22H,4,7-12,15-16H2,1-3H3,(H,32,33)(H,36,37);1H/t18-,22?;/m0./s1. The average Bonchev–Trinajstić information content (AvgIpc) is 3.25. The number of fused-ring (bicyclic) bond motifs is 2. The van der Waals surface area contributed by atoms with Gasteiger partial charge >= 0.3 is 18.1 Å². The molecule has 2 atom stereocenters. The number of alkyl halides is 3. The van der Waals surface area contributed by atoms with Crippen LogP contribution in [0, 0.1) is 11.3 Å². The van der Waals surface area contributed by atoms with E-state index in [0.717, 1.165) is 31.2 Å². The Balaban J connectivity index is 0.00000484. The maximum atomic E-state index is 13.7. The van der Waals surface area contributed by atoms with E-state index < -0.39 is 61.0 Å². The molecule has 1 amide bonds. The first-order chi connectivity index (χ1) is 19.2. The zero-order chi connectivity index (χ0) is 29.9. The number of hydrogen-bond donors (Lipinski definition) is 2. The van der Waals surface area contributed by atoms with Gasteiger partial charge in [0.25, 0.3) is 0 Å². The van der Waals surface area contributed by atoms with Crippen molar-refractivity contribution in [2.75, 3.05) is 31.6 Å². The number of hydrogen-bond acceptors (Lipinski definition) is 7. The Kier molecular flexibility index (Phi) is 10.4. The fourth-order valence-corrected chi connectivity index (χ4v) is 5.00. The van der Waals surface area contributed by atoms with Gasteiger partial charge in [0.1, 0.15) is 18.9 Å². The normalized spacial score (nSPS) is 18.6. The van der Waals surface area contributed by atoms with Crippen LogP contribution in [0.25, 0.3) is 0 Å². The largest absolute Gasteiger partial charge is 0.493 e. The van der Waals surface area contributed by atoms with Crippen LogP contribution < -0.4 is 10.1 Å². The number of carbonyl (C=O) groups is 3. The highest BCUT2D eigenvalue weighted by Crippen LogP contribution is 2.37. The summed E-state index contributed by atoms with van der Waals surface area (Å²) in [6.07, 6.45) is -2.04. The lowest BCUT2D eigenvalue weighted by Crippen LogP contribution is -2.45. The first-order valence-electron chi connectivity index (χ1n) is 13.5. The van der Waals surface area contributed by atoms with E-state index in [2.05, 4.69) is 10.3 Å². The third kappa shape index (κ3) is 8.30. The van der Waals surface area contributed by atoms with Crippen molar-refractivity contribution in [3.8, 4) is 5.75 Å². The number of aryl methyl sites for hydroxylation is 1. The number of amides is 1. The van der Waals surface area contributed by atoms with Crippen LogP contribution in [-0.4, -0.2) is 69.9 Å². The molecule has 0 saturated heterocycles. The van der Waals surface area contributed by atoms with E-state index >= 15 is 0 Å². The molecule has 1 aromatic carbocycles. The predicted molar refractivity (Wildman–Crippen MR) is 149 cm³/mol. The number of anilines is 1. The van der Waals surface area contributed by atoms with E-state index in [1.54, 1.807) is 39.0 Å². The zero-order valence-electron chi connectivity index (χ0n) is 23.7. The number of aliphatic carboxylic acids is 1. The Hall–Kier alpha value is -3.48. The summed E-state index contributed by atoms with van der Waals surface area (Å²) < 4.78 is 54.5. The van der Waals surface area contributed by atoms with Gasteiger partial charge in [0.15, 0.2) is 0 Å². The maximum Gasteiger partial charge on any atom is 0.406 e. The molecular weight excluding hydrogens is 581 g/mol. The number of imidazole rings is 1. The Bertz CT molecular complexity index is 1270. The van der Waals surface area contributed by atoms with Crippen molar-refractivity contribution < 1.29 is 42.1 Å². The van der Waals surface area contributed by atoms with Crippen LogP contribution >= 0.6 is 12.4 Å². The molecule has 0 aliphatic carbocycles. The first-order valence-corrected chi connectivity index (χ1v) is 13.5. The number of aromatic nitrogens is 2. The summed E-state index contributed by atoms with van der Waals surface area (Å²) in [5.74, 6) is -2.97. The highest BCUT2D eigenvalue weighted by molar-refractivity contribution is 5.85. The summed E-state index contributed by atoms with van der Waals surface area (Å²) in [6.45, 7) is 4.65. The fraction of sp³-hybridized carbons (Fsp3) is 0.571. The molecule has 0 saturated carbocycles. The van der Waals surface area contributed by atoms with Gasteiger partial charge in [0, 0.05) is 25.7 Å². The van der Waals surface area contributed by atoms with Crippen LogP contribution in [0.15, 0.2) is 24.4 Å². The van der Waals surface area contributed by atoms with Crippen molar-refractivity contribution in [3.05, 3.63) is 41.2 Å². The third-order valence-corrected chi connectivity index (χ3v) is 7.02. The summed E-state index contributed by atoms with van der Waals surface area (Å²) in [5.41, 5.74) is 0.711. The lowest BCUT2D eigenvalue weighted by molar-refractivity contribution is -0.174. The number of carboxylic acid groups (broad SMARTS) is 1. The molecule has 42 heavy (non-hydrogen) atoms. The van der Waals surface area contributed by atoms with Crippen LogP contribution in [0.4, 0.5) is 19.1 Å². The number of nitrogens with zero attached hydrogens (tertiary/aromatic N) is 3. The van der Waals surface area contributed by atoms with E-state index in [4.69, 9.17) is 9.47 Å². The minimum atomic E-state index is -4.77. The van der Waals surface area contributed by atoms with Crippen LogP contribution in [0.2, 0.25) is 0 Å². The number of esters is 1. The van der Waals surface area contributed by atoms with Gasteiger partial charge in [0.05, 0.1) is 36.1 Å². The van der Waals surface area contributed by atoms with Gasteiger partial charge in [-0.25, -0.2) is 4.98 Å². The number of nitrogens with one attached hydrogen (secondary N) is 1. The fourth-order valence-electron chi connectivity index (χ4n) is 5.00. The van der Waals surface area contributed by atoms with Crippen molar-refractivity contribution in [2.24, 2.45) is 11.3 Å². The van der Waals surface area contributed by atoms with E-state index in [-0.39, 0.29) is 25.4 Å². The molecule has 0 spiro atoms. The predicted octanol–water partition coefficient (Wildman–Crippen LogP) is 4.41. The molecule has 0 bridgehead atoms. The number of ether oxygens (including phenoxy) is 2. The van der Waals surface area contributed by atoms with Gasteiger partial charge < -0.3 is 29.4 Å². The summed E-state index contributed by atoms with van der Waals surface area (Å²) in [4.78, 5) is 42.5. The topological polar surface area (TPSA) is 123 Å². The van der Waals surface area contributed by atoms with Crippen molar-refractivity contribution in [1.29, 1.82) is 0 Å². The second-order valence-corrected chi connectivity index (χ2v) is 11.4. The van der Waals surface area contributed by atoms with E-state index in [1.165, 1.54) is 0 Å². The van der Waals surface area contributed by atoms with Crippen molar-refractivity contribution in [3.63, 3.8) is 0 Å². The average molecular weight is 617 g/mol. The molecule has 0 radical (unpaired) electrons. The van der Waals surface area contributed by atoms with Gasteiger partial charge in [-0.3, -0.25) is 14.4 Å². The molecule has 4 rings (SSSR count). The number of carboxylic acids is 1. The molecule has 2 N–H and O–H groups in total.